The van der Waals surface area contributed by atoms with Crippen LogP contribution in [0.1, 0.15) is 11.4 Å². The molecular formula is C18H19BrN2O2. The maximum atomic E-state index is 10.2. The van der Waals surface area contributed by atoms with Gasteiger partial charge in [-0.05, 0) is 55.0 Å². The van der Waals surface area contributed by atoms with Gasteiger partial charge in [0, 0.05) is 10.2 Å². The van der Waals surface area contributed by atoms with Crippen LogP contribution in [0, 0.1) is 13.8 Å². The van der Waals surface area contributed by atoms with Gasteiger partial charge >= 0.3 is 0 Å². The Balaban J connectivity index is 1.63. The zero-order valence-corrected chi connectivity index (χ0v) is 14.7. The monoisotopic (exact) mass is 374 g/mol. The van der Waals surface area contributed by atoms with Crippen LogP contribution in [0.4, 0.5) is 0 Å². The smallest absolute Gasteiger partial charge is 0.120 e. The minimum Gasteiger partial charge on any atom is -0.491 e. The summed E-state index contributed by atoms with van der Waals surface area (Å²) in [6.07, 6.45) is -0.603. The molecule has 120 valence electrons. The third kappa shape index (κ3) is 3.92. The van der Waals surface area contributed by atoms with Crippen molar-refractivity contribution in [3.05, 3.63) is 58.3 Å². The average molecular weight is 375 g/mol. The first-order valence-electron chi connectivity index (χ1n) is 7.52. The summed E-state index contributed by atoms with van der Waals surface area (Å²) >= 11 is 3.47. The number of hydrogen-bond acceptors (Lipinski definition) is 3. The highest BCUT2D eigenvalue weighted by Crippen LogP contribution is 2.24. The average Bonchev–Trinajstić information content (AvgIpc) is 2.82. The highest BCUT2D eigenvalue weighted by molar-refractivity contribution is 9.10. The van der Waals surface area contributed by atoms with E-state index in [2.05, 4.69) is 27.1 Å². The second-order valence-electron chi connectivity index (χ2n) is 5.73. The Labute approximate surface area is 143 Å². The molecule has 0 aliphatic carbocycles. The van der Waals surface area contributed by atoms with Crippen LogP contribution in [-0.4, -0.2) is 27.6 Å². The lowest BCUT2D eigenvalue weighted by Crippen LogP contribution is -2.24. The predicted molar refractivity (Wildman–Crippen MR) is 94.9 cm³/mol. The Morgan fingerprint density at radius 3 is 2.61 bits per heavy atom. The van der Waals surface area contributed by atoms with Crippen LogP contribution in [0.25, 0.3) is 10.8 Å². The fourth-order valence-electron chi connectivity index (χ4n) is 2.59. The van der Waals surface area contributed by atoms with E-state index in [0.717, 1.165) is 32.4 Å². The van der Waals surface area contributed by atoms with Crippen molar-refractivity contribution in [2.45, 2.75) is 26.5 Å². The highest BCUT2D eigenvalue weighted by Gasteiger charge is 2.10. The van der Waals surface area contributed by atoms with Gasteiger partial charge in [0.25, 0.3) is 0 Å². The van der Waals surface area contributed by atoms with E-state index in [-0.39, 0.29) is 6.61 Å². The molecule has 5 heteroatoms. The summed E-state index contributed by atoms with van der Waals surface area (Å²) < 4.78 is 8.58. The number of nitrogens with zero attached hydrogens (tertiary/aromatic N) is 2. The van der Waals surface area contributed by atoms with Crippen LogP contribution < -0.4 is 4.74 Å². The first-order chi connectivity index (χ1) is 11.0. The van der Waals surface area contributed by atoms with E-state index < -0.39 is 6.10 Å². The van der Waals surface area contributed by atoms with E-state index in [9.17, 15) is 5.11 Å². The van der Waals surface area contributed by atoms with Crippen LogP contribution in [0.15, 0.2) is 46.9 Å². The molecule has 1 N–H and O–H groups in total. The van der Waals surface area contributed by atoms with Crippen molar-refractivity contribution in [1.82, 2.24) is 9.78 Å². The van der Waals surface area contributed by atoms with Crippen LogP contribution in [0.2, 0.25) is 0 Å². The standard InChI is InChI=1S/C18H19BrN2O2/c1-12-7-13(2)21(20-12)10-17(22)11-23-18-6-4-14-8-16(19)5-3-15(14)9-18/h3-9,17,22H,10-11H2,1-2H3/t17-/m0/s1. The summed E-state index contributed by atoms with van der Waals surface area (Å²) in [7, 11) is 0. The molecule has 0 unspecified atom stereocenters. The number of rotatable bonds is 5. The summed E-state index contributed by atoms with van der Waals surface area (Å²) in [4.78, 5) is 0. The van der Waals surface area contributed by atoms with Gasteiger partial charge in [-0.15, -0.1) is 0 Å². The van der Waals surface area contributed by atoms with Crippen molar-refractivity contribution in [3.8, 4) is 5.75 Å². The largest absolute Gasteiger partial charge is 0.491 e. The van der Waals surface area contributed by atoms with E-state index in [4.69, 9.17) is 4.74 Å². The van der Waals surface area contributed by atoms with Crippen molar-refractivity contribution >= 4 is 26.7 Å². The summed E-state index contributed by atoms with van der Waals surface area (Å²) in [5, 5.41) is 16.8. The van der Waals surface area contributed by atoms with Crippen LogP contribution >= 0.6 is 15.9 Å². The molecule has 0 radical (unpaired) electrons. The molecule has 0 saturated carbocycles. The number of hydrogen-bond donors (Lipinski definition) is 1. The molecule has 1 aromatic heterocycles. The number of aryl methyl sites for hydroxylation is 2. The van der Waals surface area contributed by atoms with Crippen molar-refractivity contribution in [3.63, 3.8) is 0 Å². The Bertz CT molecular complexity index is 829. The van der Waals surface area contributed by atoms with Gasteiger partial charge in [0.15, 0.2) is 0 Å². The molecule has 0 spiro atoms. The van der Waals surface area contributed by atoms with Gasteiger partial charge in [-0.25, -0.2) is 0 Å². The van der Waals surface area contributed by atoms with E-state index in [1.807, 2.05) is 50.2 Å². The van der Waals surface area contributed by atoms with E-state index in [1.165, 1.54) is 0 Å². The van der Waals surface area contributed by atoms with Crippen LogP contribution in [0.3, 0.4) is 0 Å². The Hall–Kier alpha value is -1.85. The molecule has 4 nitrogen and oxygen atoms in total. The Morgan fingerprint density at radius 2 is 1.87 bits per heavy atom. The third-order valence-corrected chi connectivity index (χ3v) is 4.20. The first-order valence-corrected chi connectivity index (χ1v) is 8.32. The second-order valence-corrected chi connectivity index (χ2v) is 6.64. The number of aromatic nitrogens is 2. The molecule has 2 aromatic carbocycles. The number of ether oxygens (including phenoxy) is 1. The zero-order valence-electron chi connectivity index (χ0n) is 13.2. The number of benzene rings is 2. The minimum atomic E-state index is -0.603. The van der Waals surface area contributed by atoms with Crippen molar-refractivity contribution in [2.24, 2.45) is 0 Å². The Kier molecular flexibility index (Phi) is 4.68. The van der Waals surface area contributed by atoms with Gasteiger partial charge in [-0.2, -0.15) is 5.10 Å². The molecule has 0 bridgehead atoms. The summed E-state index contributed by atoms with van der Waals surface area (Å²) in [5.41, 5.74) is 1.99. The Morgan fingerprint density at radius 1 is 1.13 bits per heavy atom. The number of fused-ring (bicyclic) bond motifs is 1. The van der Waals surface area contributed by atoms with Gasteiger partial charge in [0.1, 0.15) is 18.5 Å². The van der Waals surface area contributed by atoms with Gasteiger partial charge in [0.2, 0.25) is 0 Å². The van der Waals surface area contributed by atoms with Gasteiger partial charge in [-0.1, -0.05) is 28.1 Å². The summed E-state index contributed by atoms with van der Waals surface area (Å²) in [6, 6.07) is 14.0. The molecule has 1 heterocycles. The fraction of sp³-hybridized carbons (Fsp3) is 0.278. The molecule has 23 heavy (non-hydrogen) atoms. The van der Waals surface area contributed by atoms with Crippen molar-refractivity contribution < 1.29 is 9.84 Å². The molecule has 0 aliphatic rings. The topological polar surface area (TPSA) is 47.3 Å². The van der Waals surface area contributed by atoms with Gasteiger partial charge in [0.05, 0.1) is 12.2 Å². The minimum absolute atomic E-state index is 0.236. The maximum absolute atomic E-state index is 10.2. The number of aliphatic hydroxyl groups is 1. The summed E-state index contributed by atoms with van der Waals surface area (Å²) in [5.74, 6) is 0.757. The van der Waals surface area contributed by atoms with Gasteiger partial charge < -0.3 is 9.84 Å². The molecule has 0 saturated heterocycles. The molecule has 0 amide bonds. The van der Waals surface area contributed by atoms with Crippen LogP contribution in [-0.2, 0) is 6.54 Å². The molecule has 1 atom stereocenters. The van der Waals surface area contributed by atoms with Crippen LogP contribution in [0.5, 0.6) is 5.75 Å². The molecular weight excluding hydrogens is 356 g/mol. The maximum Gasteiger partial charge on any atom is 0.120 e. The van der Waals surface area contributed by atoms with Crippen molar-refractivity contribution in [1.29, 1.82) is 0 Å². The number of aliphatic hydroxyl groups excluding tert-OH is 1. The SMILES string of the molecule is Cc1cc(C)n(C[C@H](O)COc2ccc3cc(Br)ccc3c2)n1. The van der Waals surface area contributed by atoms with Crippen molar-refractivity contribution in [2.75, 3.05) is 6.61 Å². The molecule has 0 aliphatic heterocycles. The number of halogens is 1. The quantitative estimate of drug-likeness (QED) is 0.737. The lowest BCUT2D eigenvalue weighted by atomic mass is 10.1. The van der Waals surface area contributed by atoms with E-state index in [0.29, 0.717) is 6.54 Å². The predicted octanol–water partition coefficient (Wildman–Crippen LogP) is 3.86. The van der Waals surface area contributed by atoms with Gasteiger partial charge in [-0.3, -0.25) is 4.68 Å². The molecule has 0 fully saturated rings. The third-order valence-electron chi connectivity index (χ3n) is 3.70. The second kappa shape index (κ2) is 6.72. The zero-order chi connectivity index (χ0) is 16.4. The summed E-state index contributed by atoms with van der Waals surface area (Å²) in [6.45, 7) is 4.59. The normalized spacial score (nSPS) is 12.5. The molecule has 3 rings (SSSR count). The van der Waals surface area contributed by atoms with E-state index >= 15 is 0 Å². The highest BCUT2D eigenvalue weighted by atomic mass is 79.9. The fourth-order valence-corrected chi connectivity index (χ4v) is 2.97. The lowest BCUT2D eigenvalue weighted by Gasteiger charge is -2.14. The first kappa shape index (κ1) is 16.0. The molecule has 3 aromatic rings. The lowest BCUT2D eigenvalue weighted by molar-refractivity contribution is 0.0888. The van der Waals surface area contributed by atoms with E-state index in [1.54, 1.807) is 4.68 Å².